The van der Waals surface area contributed by atoms with Gasteiger partial charge >= 0.3 is 0 Å². The highest BCUT2D eigenvalue weighted by atomic mass is 16.2. The van der Waals surface area contributed by atoms with Crippen molar-refractivity contribution in [1.29, 1.82) is 5.26 Å². The smallest absolute Gasteiger partial charge is 0.227 e. The van der Waals surface area contributed by atoms with Gasteiger partial charge in [-0.2, -0.15) is 5.26 Å². The van der Waals surface area contributed by atoms with Crippen LogP contribution in [-0.2, 0) is 4.79 Å². The predicted molar refractivity (Wildman–Crippen MR) is 82.4 cm³/mol. The quantitative estimate of drug-likeness (QED) is 0.832. The van der Waals surface area contributed by atoms with Crippen molar-refractivity contribution in [2.24, 2.45) is 11.3 Å². The molecule has 1 rings (SSSR count). The van der Waals surface area contributed by atoms with E-state index in [1.165, 1.54) is 0 Å². The molecule has 1 unspecified atom stereocenters. The third-order valence-corrected chi connectivity index (χ3v) is 3.24. The van der Waals surface area contributed by atoms with Crippen LogP contribution in [0.5, 0.6) is 0 Å². The van der Waals surface area contributed by atoms with E-state index >= 15 is 0 Å². The van der Waals surface area contributed by atoms with Crippen LogP contribution in [0, 0.1) is 22.7 Å². The van der Waals surface area contributed by atoms with Gasteiger partial charge in [0.25, 0.3) is 0 Å². The number of nitriles is 1. The van der Waals surface area contributed by atoms with E-state index in [1.807, 2.05) is 18.2 Å². The second-order valence-corrected chi connectivity index (χ2v) is 6.66. The molecule has 0 spiro atoms. The maximum atomic E-state index is 12.3. The van der Waals surface area contributed by atoms with Crippen LogP contribution >= 0.6 is 0 Å². The summed E-state index contributed by atoms with van der Waals surface area (Å²) in [6.45, 7) is 8.65. The van der Waals surface area contributed by atoms with Gasteiger partial charge in [0.15, 0.2) is 0 Å². The second kappa shape index (κ2) is 6.56. The maximum absolute atomic E-state index is 12.3. The molecule has 1 amide bonds. The Morgan fingerprint density at radius 3 is 2.50 bits per heavy atom. The molecule has 20 heavy (non-hydrogen) atoms. The first-order valence-corrected chi connectivity index (χ1v) is 7.00. The number of anilines is 1. The van der Waals surface area contributed by atoms with E-state index in [2.05, 4.69) is 33.8 Å². The Kier molecular flexibility index (Phi) is 5.33. The fraction of sp³-hybridized carbons (Fsp3) is 0.529. The van der Waals surface area contributed by atoms with E-state index in [4.69, 9.17) is 5.26 Å². The third-order valence-electron chi connectivity index (χ3n) is 3.24. The van der Waals surface area contributed by atoms with Gasteiger partial charge in [-0.15, -0.1) is 0 Å². The van der Waals surface area contributed by atoms with Gasteiger partial charge in [0.1, 0.15) is 6.07 Å². The first kappa shape index (κ1) is 16.2. The normalized spacial score (nSPS) is 12.6. The van der Waals surface area contributed by atoms with Crippen molar-refractivity contribution in [3.63, 3.8) is 0 Å². The Morgan fingerprint density at radius 1 is 1.35 bits per heavy atom. The molecular formula is C17H24N2O. The third kappa shape index (κ3) is 4.70. The molecule has 108 valence electrons. The molecule has 0 heterocycles. The predicted octanol–water partition coefficient (Wildman–Crippen LogP) is 3.98. The Balaban J connectivity index is 2.75. The standard InChI is InChI=1S/C17H24N2O/c1-13(11-17(2,3)4)10-16(20)19(5)15-9-7-6-8-14(15)12-18/h6-9,13H,10-11H2,1-5H3. The number of rotatable bonds is 4. The van der Waals surface area contributed by atoms with Crippen molar-refractivity contribution >= 4 is 11.6 Å². The van der Waals surface area contributed by atoms with Crippen LogP contribution in [0.25, 0.3) is 0 Å². The first-order valence-electron chi connectivity index (χ1n) is 7.00. The van der Waals surface area contributed by atoms with Gasteiger partial charge in [0.2, 0.25) is 5.91 Å². The van der Waals surface area contributed by atoms with Crippen molar-refractivity contribution in [2.75, 3.05) is 11.9 Å². The van der Waals surface area contributed by atoms with Gasteiger partial charge in [-0.05, 0) is 29.9 Å². The molecule has 0 aliphatic heterocycles. The van der Waals surface area contributed by atoms with Gasteiger partial charge in [-0.3, -0.25) is 4.79 Å². The zero-order valence-corrected chi connectivity index (χ0v) is 13.1. The zero-order valence-electron chi connectivity index (χ0n) is 13.1. The van der Waals surface area contributed by atoms with Crippen LogP contribution in [0.4, 0.5) is 5.69 Å². The summed E-state index contributed by atoms with van der Waals surface area (Å²) in [5.74, 6) is 0.392. The van der Waals surface area contributed by atoms with Crippen molar-refractivity contribution in [1.82, 2.24) is 0 Å². The molecule has 1 aromatic carbocycles. The molecule has 0 aliphatic carbocycles. The van der Waals surface area contributed by atoms with E-state index in [0.717, 1.165) is 6.42 Å². The number of hydrogen-bond donors (Lipinski definition) is 0. The fourth-order valence-electron chi connectivity index (χ4n) is 2.55. The molecule has 0 bridgehead atoms. The number of hydrogen-bond acceptors (Lipinski definition) is 2. The molecule has 0 aromatic heterocycles. The molecule has 0 saturated carbocycles. The highest BCUT2D eigenvalue weighted by Gasteiger charge is 2.21. The van der Waals surface area contributed by atoms with Crippen LogP contribution in [0.3, 0.4) is 0 Å². The first-order chi connectivity index (χ1) is 9.24. The van der Waals surface area contributed by atoms with E-state index in [0.29, 0.717) is 23.6 Å². The average Bonchev–Trinajstić information content (AvgIpc) is 2.35. The van der Waals surface area contributed by atoms with E-state index in [-0.39, 0.29) is 11.3 Å². The monoisotopic (exact) mass is 272 g/mol. The molecule has 0 saturated heterocycles. The maximum Gasteiger partial charge on any atom is 0.227 e. The molecule has 3 nitrogen and oxygen atoms in total. The lowest BCUT2D eigenvalue weighted by atomic mass is 9.84. The van der Waals surface area contributed by atoms with Crippen LogP contribution in [0.1, 0.15) is 46.1 Å². The fourth-order valence-corrected chi connectivity index (χ4v) is 2.55. The summed E-state index contributed by atoms with van der Waals surface area (Å²) in [6, 6.07) is 9.33. The number of carbonyl (C=O) groups is 1. The minimum atomic E-state index is 0.0597. The summed E-state index contributed by atoms with van der Waals surface area (Å²) in [5, 5.41) is 9.10. The van der Waals surface area contributed by atoms with Gasteiger partial charge in [-0.1, -0.05) is 39.8 Å². The molecule has 1 atom stereocenters. The number of amides is 1. The molecule has 0 fully saturated rings. The van der Waals surface area contributed by atoms with Gasteiger partial charge in [0, 0.05) is 13.5 Å². The zero-order chi connectivity index (χ0) is 15.3. The molecular weight excluding hydrogens is 248 g/mol. The SMILES string of the molecule is CC(CC(=O)N(C)c1ccccc1C#N)CC(C)(C)C. The highest BCUT2D eigenvalue weighted by Crippen LogP contribution is 2.27. The molecule has 0 N–H and O–H groups in total. The van der Waals surface area contributed by atoms with Crippen LogP contribution in [0.15, 0.2) is 24.3 Å². The van der Waals surface area contributed by atoms with Gasteiger partial charge < -0.3 is 4.90 Å². The van der Waals surface area contributed by atoms with Crippen molar-refractivity contribution in [3.8, 4) is 6.07 Å². The van der Waals surface area contributed by atoms with Crippen LogP contribution in [-0.4, -0.2) is 13.0 Å². The lowest BCUT2D eigenvalue weighted by Crippen LogP contribution is -2.29. The lowest BCUT2D eigenvalue weighted by molar-refractivity contribution is -0.119. The summed E-state index contributed by atoms with van der Waals surface area (Å²) >= 11 is 0. The highest BCUT2D eigenvalue weighted by molar-refractivity contribution is 5.94. The minimum Gasteiger partial charge on any atom is -0.314 e. The molecule has 3 heteroatoms. The van der Waals surface area contributed by atoms with Crippen molar-refractivity contribution < 1.29 is 4.79 Å². The molecule has 1 aromatic rings. The summed E-state index contributed by atoms with van der Waals surface area (Å²) in [5.41, 5.74) is 1.44. The largest absolute Gasteiger partial charge is 0.314 e. The van der Waals surface area contributed by atoms with Crippen molar-refractivity contribution in [3.05, 3.63) is 29.8 Å². The van der Waals surface area contributed by atoms with Crippen LogP contribution < -0.4 is 4.90 Å². The number of nitrogens with zero attached hydrogens (tertiary/aromatic N) is 2. The lowest BCUT2D eigenvalue weighted by Gasteiger charge is -2.25. The Morgan fingerprint density at radius 2 is 1.95 bits per heavy atom. The van der Waals surface area contributed by atoms with Crippen molar-refractivity contribution in [2.45, 2.75) is 40.5 Å². The Hall–Kier alpha value is -1.82. The Bertz CT molecular complexity index is 508. The number of para-hydroxylation sites is 1. The second-order valence-electron chi connectivity index (χ2n) is 6.66. The number of benzene rings is 1. The van der Waals surface area contributed by atoms with E-state index in [1.54, 1.807) is 18.0 Å². The van der Waals surface area contributed by atoms with E-state index < -0.39 is 0 Å². The molecule has 0 radical (unpaired) electrons. The van der Waals surface area contributed by atoms with Gasteiger partial charge in [-0.25, -0.2) is 0 Å². The topological polar surface area (TPSA) is 44.1 Å². The molecule has 0 aliphatic rings. The summed E-state index contributed by atoms with van der Waals surface area (Å²) in [6.07, 6.45) is 1.51. The summed E-state index contributed by atoms with van der Waals surface area (Å²) in [7, 11) is 1.74. The van der Waals surface area contributed by atoms with E-state index in [9.17, 15) is 4.79 Å². The minimum absolute atomic E-state index is 0.0597. The summed E-state index contributed by atoms with van der Waals surface area (Å²) < 4.78 is 0. The van der Waals surface area contributed by atoms with Crippen LogP contribution in [0.2, 0.25) is 0 Å². The summed E-state index contributed by atoms with van der Waals surface area (Å²) in [4.78, 5) is 13.9. The number of carbonyl (C=O) groups excluding carboxylic acids is 1. The van der Waals surface area contributed by atoms with Gasteiger partial charge in [0.05, 0.1) is 11.3 Å². The average molecular weight is 272 g/mol. The Labute approximate surface area is 122 Å².